The molecule has 0 saturated heterocycles. The van der Waals surface area contributed by atoms with Gasteiger partial charge in [-0.05, 0) is 40.5 Å². The second-order valence-corrected chi connectivity index (χ2v) is 4.51. The summed E-state index contributed by atoms with van der Waals surface area (Å²) in [4.78, 5) is 11.8. The van der Waals surface area contributed by atoms with E-state index < -0.39 is 0 Å². The standard InChI is InChI=1S/C13H14BrNO2/c1-3-5-10(4-2)15-13(17)9-6-7-11(14)12(16)8-9/h1,6-8,10,16H,4-5H2,2H3,(H,15,17). The maximum absolute atomic E-state index is 11.8. The van der Waals surface area contributed by atoms with Crippen LogP contribution in [0, 0.1) is 12.3 Å². The monoisotopic (exact) mass is 295 g/mol. The Morgan fingerprint density at radius 2 is 2.35 bits per heavy atom. The van der Waals surface area contributed by atoms with Crippen LogP contribution in [0.15, 0.2) is 22.7 Å². The Morgan fingerprint density at radius 3 is 2.88 bits per heavy atom. The van der Waals surface area contributed by atoms with Crippen LogP contribution in [0.25, 0.3) is 0 Å². The number of nitrogens with one attached hydrogen (secondary N) is 1. The third-order valence-electron chi connectivity index (χ3n) is 2.40. The summed E-state index contributed by atoms with van der Waals surface area (Å²) >= 11 is 3.16. The van der Waals surface area contributed by atoms with Crippen molar-refractivity contribution in [2.45, 2.75) is 25.8 Å². The fraction of sp³-hybridized carbons (Fsp3) is 0.308. The molecular formula is C13H14BrNO2. The van der Waals surface area contributed by atoms with Crippen LogP contribution >= 0.6 is 15.9 Å². The second kappa shape index (κ2) is 6.31. The second-order valence-electron chi connectivity index (χ2n) is 3.65. The summed E-state index contributed by atoms with van der Waals surface area (Å²) < 4.78 is 0.560. The Kier molecular flexibility index (Phi) is 5.05. The molecular weight excluding hydrogens is 282 g/mol. The van der Waals surface area contributed by atoms with E-state index in [-0.39, 0.29) is 17.7 Å². The lowest BCUT2D eigenvalue weighted by atomic mass is 10.1. The van der Waals surface area contributed by atoms with E-state index in [1.54, 1.807) is 12.1 Å². The molecule has 0 heterocycles. The summed E-state index contributed by atoms with van der Waals surface area (Å²) in [5.41, 5.74) is 0.418. The van der Waals surface area contributed by atoms with Gasteiger partial charge in [0.15, 0.2) is 0 Å². The van der Waals surface area contributed by atoms with Crippen molar-refractivity contribution in [1.29, 1.82) is 0 Å². The molecule has 1 atom stereocenters. The van der Waals surface area contributed by atoms with Crippen molar-refractivity contribution in [3.8, 4) is 18.1 Å². The Bertz CT molecular complexity index is 451. The molecule has 1 amide bonds. The zero-order valence-corrected chi connectivity index (χ0v) is 11.1. The van der Waals surface area contributed by atoms with Crippen LogP contribution in [0.3, 0.4) is 0 Å². The number of amides is 1. The number of phenols is 1. The zero-order valence-electron chi connectivity index (χ0n) is 9.53. The molecule has 17 heavy (non-hydrogen) atoms. The van der Waals surface area contributed by atoms with Gasteiger partial charge in [-0.3, -0.25) is 4.79 Å². The van der Waals surface area contributed by atoms with Crippen LogP contribution in [-0.4, -0.2) is 17.1 Å². The van der Waals surface area contributed by atoms with E-state index in [4.69, 9.17) is 6.42 Å². The minimum Gasteiger partial charge on any atom is -0.507 e. The van der Waals surface area contributed by atoms with Gasteiger partial charge in [0.2, 0.25) is 0 Å². The molecule has 0 spiro atoms. The van der Waals surface area contributed by atoms with E-state index in [9.17, 15) is 9.90 Å². The first kappa shape index (κ1) is 13.6. The molecule has 0 aliphatic rings. The predicted molar refractivity (Wildman–Crippen MR) is 70.8 cm³/mol. The average Bonchev–Trinajstić information content (AvgIpc) is 2.31. The fourth-order valence-corrected chi connectivity index (χ4v) is 1.61. The molecule has 1 aromatic carbocycles. The van der Waals surface area contributed by atoms with Gasteiger partial charge in [-0.15, -0.1) is 12.3 Å². The Morgan fingerprint density at radius 1 is 1.65 bits per heavy atom. The first-order valence-corrected chi connectivity index (χ1v) is 6.10. The summed E-state index contributed by atoms with van der Waals surface area (Å²) in [7, 11) is 0. The molecule has 1 rings (SSSR count). The summed E-state index contributed by atoms with van der Waals surface area (Å²) in [6, 6.07) is 4.66. The van der Waals surface area contributed by atoms with Crippen LogP contribution in [0.5, 0.6) is 5.75 Å². The van der Waals surface area contributed by atoms with Crippen LogP contribution in [0.4, 0.5) is 0 Å². The van der Waals surface area contributed by atoms with E-state index in [0.717, 1.165) is 6.42 Å². The van der Waals surface area contributed by atoms with E-state index in [2.05, 4.69) is 27.2 Å². The van der Waals surface area contributed by atoms with Crippen LogP contribution in [-0.2, 0) is 0 Å². The van der Waals surface area contributed by atoms with Gasteiger partial charge < -0.3 is 10.4 Å². The maximum atomic E-state index is 11.8. The minimum absolute atomic E-state index is 0.0294. The largest absolute Gasteiger partial charge is 0.507 e. The van der Waals surface area contributed by atoms with E-state index in [0.29, 0.717) is 16.5 Å². The van der Waals surface area contributed by atoms with Crippen molar-refractivity contribution in [3.05, 3.63) is 28.2 Å². The van der Waals surface area contributed by atoms with E-state index in [1.807, 2.05) is 6.92 Å². The molecule has 4 heteroatoms. The lowest BCUT2D eigenvalue weighted by Crippen LogP contribution is -2.34. The van der Waals surface area contributed by atoms with Gasteiger partial charge in [-0.2, -0.15) is 0 Å². The van der Waals surface area contributed by atoms with Crippen molar-refractivity contribution in [3.63, 3.8) is 0 Å². The quantitative estimate of drug-likeness (QED) is 0.839. The Hall–Kier alpha value is -1.47. The summed E-state index contributed by atoms with van der Waals surface area (Å²) in [5.74, 6) is 2.34. The van der Waals surface area contributed by atoms with Crippen molar-refractivity contribution in [2.75, 3.05) is 0 Å². The van der Waals surface area contributed by atoms with Gasteiger partial charge in [-0.25, -0.2) is 0 Å². The van der Waals surface area contributed by atoms with Crippen molar-refractivity contribution >= 4 is 21.8 Å². The highest BCUT2D eigenvalue weighted by molar-refractivity contribution is 9.10. The first-order valence-electron chi connectivity index (χ1n) is 5.31. The highest BCUT2D eigenvalue weighted by atomic mass is 79.9. The van der Waals surface area contributed by atoms with Crippen LogP contribution in [0.1, 0.15) is 30.1 Å². The topological polar surface area (TPSA) is 49.3 Å². The smallest absolute Gasteiger partial charge is 0.251 e. The number of rotatable bonds is 4. The van der Waals surface area contributed by atoms with E-state index >= 15 is 0 Å². The van der Waals surface area contributed by atoms with Gasteiger partial charge >= 0.3 is 0 Å². The number of halogens is 1. The molecule has 90 valence electrons. The highest BCUT2D eigenvalue weighted by Crippen LogP contribution is 2.24. The number of carbonyl (C=O) groups is 1. The number of hydrogen-bond acceptors (Lipinski definition) is 2. The maximum Gasteiger partial charge on any atom is 0.251 e. The molecule has 0 aliphatic carbocycles. The van der Waals surface area contributed by atoms with Gasteiger partial charge in [0.1, 0.15) is 5.75 Å². The third-order valence-corrected chi connectivity index (χ3v) is 3.07. The molecule has 3 nitrogen and oxygen atoms in total. The number of aromatic hydroxyl groups is 1. The Labute approximate surface area is 109 Å². The summed E-state index contributed by atoms with van der Waals surface area (Å²) in [5, 5.41) is 12.3. The normalized spacial score (nSPS) is 11.6. The molecule has 0 radical (unpaired) electrons. The molecule has 2 N–H and O–H groups in total. The molecule has 0 fully saturated rings. The van der Waals surface area contributed by atoms with Gasteiger partial charge in [0, 0.05) is 18.0 Å². The van der Waals surface area contributed by atoms with Crippen molar-refractivity contribution < 1.29 is 9.90 Å². The summed E-state index contributed by atoms with van der Waals surface area (Å²) in [6.07, 6.45) is 6.50. The molecule has 0 aliphatic heterocycles. The number of phenolic OH excluding ortho intramolecular Hbond substituents is 1. The first-order chi connectivity index (χ1) is 8.08. The molecule has 0 aromatic heterocycles. The molecule has 0 saturated carbocycles. The number of terminal acetylenes is 1. The number of hydrogen-bond donors (Lipinski definition) is 2. The zero-order chi connectivity index (χ0) is 12.8. The van der Waals surface area contributed by atoms with Gasteiger partial charge in [-0.1, -0.05) is 6.92 Å². The van der Waals surface area contributed by atoms with Crippen LogP contribution < -0.4 is 5.32 Å². The number of carbonyl (C=O) groups excluding carboxylic acids is 1. The van der Waals surface area contributed by atoms with E-state index in [1.165, 1.54) is 6.07 Å². The van der Waals surface area contributed by atoms with Crippen molar-refractivity contribution in [2.24, 2.45) is 0 Å². The molecule has 1 unspecified atom stereocenters. The fourth-order valence-electron chi connectivity index (χ4n) is 1.36. The van der Waals surface area contributed by atoms with Gasteiger partial charge in [0.05, 0.1) is 4.47 Å². The van der Waals surface area contributed by atoms with Crippen molar-refractivity contribution in [1.82, 2.24) is 5.32 Å². The van der Waals surface area contributed by atoms with Gasteiger partial charge in [0.25, 0.3) is 5.91 Å². The minimum atomic E-state index is -0.227. The average molecular weight is 296 g/mol. The van der Waals surface area contributed by atoms with Crippen LogP contribution in [0.2, 0.25) is 0 Å². The summed E-state index contributed by atoms with van der Waals surface area (Å²) in [6.45, 7) is 1.96. The third kappa shape index (κ3) is 3.79. The highest BCUT2D eigenvalue weighted by Gasteiger charge is 2.12. The number of benzene rings is 1. The lowest BCUT2D eigenvalue weighted by molar-refractivity contribution is 0.0936. The lowest BCUT2D eigenvalue weighted by Gasteiger charge is -2.14. The Balaban J connectivity index is 2.76. The predicted octanol–water partition coefficient (Wildman–Crippen LogP) is 2.69. The molecule has 0 bridgehead atoms. The SMILES string of the molecule is C#CCC(CC)NC(=O)c1ccc(Br)c(O)c1. The molecule has 1 aromatic rings.